The van der Waals surface area contributed by atoms with Gasteiger partial charge in [0.25, 0.3) is 0 Å². The molecule has 1 amide bonds. The smallest absolute Gasteiger partial charge is 0.234 e. The van der Waals surface area contributed by atoms with E-state index >= 15 is 0 Å². The lowest BCUT2D eigenvalue weighted by Gasteiger charge is -2.04. The lowest BCUT2D eigenvalue weighted by Crippen LogP contribution is -2.13. The third kappa shape index (κ3) is 5.20. The van der Waals surface area contributed by atoms with E-state index in [1.54, 1.807) is 7.11 Å². The average Bonchev–Trinajstić information content (AvgIpc) is 3.08. The molecule has 1 aromatic heterocycles. The van der Waals surface area contributed by atoms with Crippen LogP contribution < -0.4 is 15.4 Å². The number of aromatic nitrogens is 2. The summed E-state index contributed by atoms with van der Waals surface area (Å²) in [5.74, 6) is 0.971. The van der Waals surface area contributed by atoms with Crippen molar-refractivity contribution in [1.29, 1.82) is 0 Å². The van der Waals surface area contributed by atoms with Crippen molar-refractivity contribution < 1.29 is 9.53 Å². The minimum Gasteiger partial charge on any atom is -0.497 e. The van der Waals surface area contributed by atoms with Crippen molar-refractivity contribution >= 4 is 45.5 Å². The number of ether oxygens (including phenoxy) is 1. The van der Waals surface area contributed by atoms with Gasteiger partial charge in [-0.2, -0.15) is 0 Å². The first-order valence-electron chi connectivity index (χ1n) is 7.45. The van der Waals surface area contributed by atoms with Crippen molar-refractivity contribution in [2.24, 2.45) is 0 Å². The summed E-state index contributed by atoms with van der Waals surface area (Å²) in [6.07, 6.45) is 0. The second kappa shape index (κ2) is 8.50. The van der Waals surface area contributed by atoms with Crippen molar-refractivity contribution in [2.45, 2.75) is 4.34 Å². The molecule has 0 aliphatic rings. The van der Waals surface area contributed by atoms with Crippen molar-refractivity contribution in [1.82, 2.24) is 10.2 Å². The van der Waals surface area contributed by atoms with Crippen LogP contribution in [0.2, 0.25) is 0 Å². The van der Waals surface area contributed by atoms with E-state index in [0.29, 0.717) is 5.13 Å². The zero-order chi connectivity index (χ0) is 17.5. The second-order valence-corrected chi connectivity index (χ2v) is 7.13. The molecule has 25 heavy (non-hydrogen) atoms. The Morgan fingerprint density at radius 1 is 1.12 bits per heavy atom. The van der Waals surface area contributed by atoms with E-state index in [-0.39, 0.29) is 11.7 Å². The Morgan fingerprint density at radius 3 is 2.72 bits per heavy atom. The van der Waals surface area contributed by atoms with E-state index < -0.39 is 0 Å². The third-order valence-electron chi connectivity index (χ3n) is 3.11. The summed E-state index contributed by atoms with van der Waals surface area (Å²) >= 11 is 2.75. The molecule has 3 aromatic rings. The predicted octanol–water partition coefficient (Wildman–Crippen LogP) is 4.02. The van der Waals surface area contributed by atoms with Gasteiger partial charge >= 0.3 is 0 Å². The van der Waals surface area contributed by atoms with Crippen LogP contribution in [0.3, 0.4) is 0 Å². The van der Waals surface area contributed by atoms with Crippen LogP contribution in [-0.4, -0.2) is 29.0 Å². The van der Waals surface area contributed by atoms with Gasteiger partial charge in [-0.3, -0.25) is 4.79 Å². The second-order valence-electron chi connectivity index (χ2n) is 4.93. The number of anilines is 3. The topological polar surface area (TPSA) is 76.1 Å². The molecule has 2 N–H and O–H groups in total. The van der Waals surface area contributed by atoms with Gasteiger partial charge in [-0.25, -0.2) is 0 Å². The van der Waals surface area contributed by atoms with Gasteiger partial charge in [0.15, 0.2) is 4.34 Å². The number of carbonyl (C=O) groups is 1. The number of carbonyl (C=O) groups excluding carboxylic acids is 1. The maximum atomic E-state index is 11.9. The highest BCUT2D eigenvalue weighted by atomic mass is 32.2. The molecule has 2 aromatic carbocycles. The van der Waals surface area contributed by atoms with E-state index in [2.05, 4.69) is 20.8 Å². The summed E-state index contributed by atoms with van der Waals surface area (Å²) in [6, 6.07) is 16.9. The minimum absolute atomic E-state index is 0.0753. The lowest BCUT2D eigenvalue weighted by molar-refractivity contribution is -0.113. The monoisotopic (exact) mass is 372 g/mol. The number of nitrogens with zero attached hydrogens (tertiary/aromatic N) is 2. The molecule has 6 nitrogen and oxygen atoms in total. The summed E-state index contributed by atoms with van der Waals surface area (Å²) in [7, 11) is 1.62. The van der Waals surface area contributed by atoms with Crippen molar-refractivity contribution in [3.05, 3.63) is 54.6 Å². The molecule has 0 saturated heterocycles. The van der Waals surface area contributed by atoms with Crippen LogP contribution in [0.4, 0.5) is 16.5 Å². The van der Waals surface area contributed by atoms with Gasteiger partial charge in [0, 0.05) is 17.4 Å². The summed E-state index contributed by atoms with van der Waals surface area (Å²) in [5.41, 5.74) is 1.65. The molecular formula is C17H16N4O2S2. The highest BCUT2D eigenvalue weighted by Gasteiger charge is 2.09. The first-order valence-corrected chi connectivity index (χ1v) is 9.25. The van der Waals surface area contributed by atoms with Gasteiger partial charge in [-0.05, 0) is 24.3 Å². The fraction of sp³-hybridized carbons (Fsp3) is 0.118. The van der Waals surface area contributed by atoms with E-state index in [4.69, 9.17) is 4.74 Å². The van der Waals surface area contributed by atoms with Crippen LogP contribution in [0.15, 0.2) is 58.9 Å². The molecule has 128 valence electrons. The average molecular weight is 372 g/mol. The Labute approximate surface area is 153 Å². The molecule has 8 heteroatoms. The Morgan fingerprint density at radius 2 is 1.92 bits per heavy atom. The summed E-state index contributed by atoms with van der Waals surface area (Å²) in [4.78, 5) is 11.9. The minimum atomic E-state index is -0.0753. The first kappa shape index (κ1) is 17.2. The number of methoxy groups -OCH3 is 1. The first-order chi connectivity index (χ1) is 12.2. The fourth-order valence-corrected chi connectivity index (χ4v) is 3.56. The van der Waals surface area contributed by atoms with Gasteiger partial charge < -0.3 is 15.4 Å². The molecule has 0 fully saturated rings. The zero-order valence-corrected chi connectivity index (χ0v) is 15.1. The number of thioether (sulfide) groups is 1. The van der Waals surface area contributed by atoms with Gasteiger partial charge in [0.1, 0.15) is 5.75 Å². The molecule has 0 bridgehead atoms. The number of hydrogen-bond donors (Lipinski definition) is 2. The third-order valence-corrected chi connectivity index (χ3v) is 5.08. The van der Waals surface area contributed by atoms with Crippen molar-refractivity contribution in [3.63, 3.8) is 0 Å². The van der Waals surface area contributed by atoms with Crippen LogP contribution in [0.5, 0.6) is 5.75 Å². The predicted molar refractivity (Wildman–Crippen MR) is 102 cm³/mol. The van der Waals surface area contributed by atoms with Gasteiger partial charge in [0.2, 0.25) is 11.0 Å². The molecule has 1 heterocycles. The molecule has 0 atom stereocenters. The summed E-state index contributed by atoms with van der Waals surface area (Å²) in [6.45, 7) is 0. The number of rotatable bonds is 7. The standard InChI is InChI=1S/C17H16N4O2S2/c1-23-14-9-5-8-13(10-14)19-16-20-21-17(25-16)24-11-15(22)18-12-6-3-2-4-7-12/h2-10H,11H2,1H3,(H,18,22)(H,19,20). The Balaban J connectivity index is 1.52. The number of hydrogen-bond acceptors (Lipinski definition) is 7. The summed E-state index contributed by atoms with van der Waals surface area (Å²) in [5, 5.41) is 14.9. The van der Waals surface area contributed by atoms with Gasteiger partial charge in [-0.1, -0.05) is 47.4 Å². The molecule has 0 unspecified atom stereocenters. The van der Waals surface area contributed by atoms with Crippen LogP contribution in [-0.2, 0) is 4.79 Å². The Hall–Kier alpha value is -2.58. The van der Waals surface area contributed by atoms with Crippen LogP contribution in [0.25, 0.3) is 0 Å². The summed E-state index contributed by atoms with van der Waals surface area (Å²) < 4.78 is 5.92. The van der Waals surface area contributed by atoms with E-state index in [9.17, 15) is 4.79 Å². The van der Waals surface area contributed by atoms with Crippen molar-refractivity contribution in [3.8, 4) is 5.75 Å². The molecule has 0 spiro atoms. The quantitative estimate of drug-likeness (QED) is 0.610. The largest absolute Gasteiger partial charge is 0.497 e. The molecule has 0 radical (unpaired) electrons. The zero-order valence-electron chi connectivity index (χ0n) is 13.4. The lowest BCUT2D eigenvalue weighted by atomic mass is 10.3. The number of benzene rings is 2. The highest BCUT2D eigenvalue weighted by molar-refractivity contribution is 8.01. The highest BCUT2D eigenvalue weighted by Crippen LogP contribution is 2.28. The van der Waals surface area contributed by atoms with Gasteiger partial charge in [0.05, 0.1) is 12.9 Å². The Kier molecular flexibility index (Phi) is 5.86. The van der Waals surface area contributed by atoms with Gasteiger partial charge in [-0.15, -0.1) is 10.2 Å². The number of nitrogens with one attached hydrogen (secondary N) is 2. The van der Waals surface area contributed by atoms with Crippen molar-refractivity contribution in [2.75, 3.05) is 23.5 Å². The normalized spacial score (nSPS) is 10.3. The van der Waals surface area contributed by atoms with E-state index in [1.165, 1.54) is 23.1 Å². The number of amides is 1. The van der Waals surface area contributed by atoms with Crippen LogP contribution in [0, 0.1) is 0 Å². The fourth-order valence-electron chi connectivity index (χ4n) is 1.99. The maximum absolute atomic E-state index is 11.9. The maximum Gasteiger partial charge on any atom is 0.234 e. The Bertz CT molecular complexity index is 839. The SMILES string of the molecule is COc1cccc(Nc2nnc(SCC(=O)Nc3ccccc3)s2)c1. The molecule has 0 saturated carbocycles. The van der Waals surface area contributed by atoms with E-state index in [1.807, 2.05) is 54.6 Å². The van der Waals surface area contributed by atoms with Crippen LogP contribution >= 0.6 is 23.1 Å². The molecule has 0 aliphatic carbocycles. The molecular weight excluding hydrogens is 356 g/mol. The molecule has 3 rings (SSSR count). The molecule has 0 aliphatic heterocycles. The number of para-hydroxylation sites is 1. The van der Waals surface area contributed by atoms with E-state index in [0.717, 1.165) is 21.5 Å². The van der Waals surface area contributed by atoms with Crippen LogP contribution in [0.1, 0.15) is 0 Å².